The summed E-state index contributed by atoms with van der Waals surface area (Å²) in [6, 6.07) is 3.79. The normalized spacial score (nSPS) is 14.6. The Morgan fingerprint density at radius 1 is 1.03 bits per heavy atom. The van der Waals surface area contributed by atoms with Gasteiger partial charge in [0.25, 0.3) is 0 Å². The maximum atomic E-state index is 13.4. The van der Waals surface area contributed by atoms with Crippen molar-refractivity contribution < 1.29 is 41.0 Å². The van der Waals surface area contributed by atoms with Crippen LogP contribution in [0.5, 0.6) is 0 Å². The highest BCUT2D eigenvalue weighted by Crippen LogP contribution is 2.37. The Labute approximate surface area is 191 Å². The molecule has 184 valence electrons. The van der Waals surface area contributed by atoms with E-state index >= 15 is 0 Å². The molecule has 1 N–H and O–H groups in total. The number of halogens is 6. The standard InChI is InChI=1S/C23H22F6N2O3/c1-2-31(21(34)13-4-3-5-13)12-14-8-15(22(24,25)26)6-7-18(14)19-10-16(23(27,28)29)9-17(30-19)11-20(32)33/h6-10,13H,2-5,11-12H2,1H3,(H,32,33). The molecule has 0 radical (unpaired) electrons. The molecule has 3 rings (SSSR count). The second kappa shape index (κ2) is 9.63. The lowest BCUT2D eigenvalue weighted by Gasteiger charge is -2.31. The van der Waals surface area contributed by atoms with Crippen molar-refractivity contribution in [3.8, 4) is 11.3 Å². The van der Waals surface area contributed by atoms with Gasteiger partial charge in [0, 0.05) is 24.6 Å². The average molecular weight is 488 g/mol. The van der Waals surface area contributed by atoms with Gasteiger partial charge < -0.3 is 10.0 Å². The van der Waals surface area contributed by atoms with Gasteiger partial charge in [-0.1, -0.05) is 12.5 Å². The predicted molar refractivity (Wildman–Crippen MR) is 109 cm³/mol. The van der Waals surface area contributed by atoms with Crippen LogP contribution in [-0.4, -0.2) is 33.4 Å². The smallest absolute Gasteiger partial charge is 0.416 e. The zero-order chi connectivity index (χ0) is 25.3. The van der Waals surface area contributed by atoms with Crippen LogP contribution in [0, 0.1) is 5.92 Å². The molecule has 0 atom stereocenters. The number of pyridine rings is 1. The minimum absolute atomic E-state index is 0.0301. The van der Waals surface area contributed by atoms with Crippen LogP contribution in [0.25, 0.3) is 11.3 Å². The SMILES string of the molecule is CCN(Cc1cc(C(F)(F)F)ccc1-c1cc(C(F)(F)F)cc(CC(=O)O)n1)C(=O)C1CCC1. The molecule has 1 heterocycles. The molecule has 1 aromatic heterocycles. The van der Waals surface area contributed by atoms with Gasteiger partial charge in [-0.05, 0) is 49.6 Å². The second-order valence-electron chi connectivity index (χ2n) is 8.15. The molecule has 0 saturated heterocycles. The van der Waals surface area contributed by atoms with Gasteiger partial charge in [-0.2, -0.15) is 26.3 Å². The van der Waals surface area contributed by atoms with Crippen LogP contribution in [0.4, 0.5) is 26.3 Å². The number of hydrogen-bond donors (Lipinski definition) is 1. The quantitative estimate of drug-likeness (QED) is 0.518. The van der Waals surface area contributed by atoms with Crippen LogP contribution in [0.1, 0.15) is 48.6 Å². The van der Waals surface area contributed by atoms with Gasteiger partial charge in [0.15, 0.2) is 0 Å². The Kier molecular flexibility index (Phi) is 7.23. The molecule has 1 fully saturated rings. The van der Waals surface area contributed by atoms with Gasteiger partial charge in [0.1, 0.15) is 0 Å². The van der Waals surface area contributed by atoms with E-state index in [1.165, 1.54) is 4.90 Å². The molecule has 1 amide bonds. The van der Waals surface area contributed by atoms with Crippen LogP contribution >= 0.6 is 0 Å². The summed E-state index contributed by atoms with van der Waals surface area (Å²) in [5.74, 6) is -1.85. The third kappa shape index (κ3) is 5.87. The van der Waals surface area contributed by atoms with Crippen molar-refractivity contribution in [2.75, 3.05) is 6.54 Å². The van der Waals surface area contributed by atoms with Crippen LogP contribution in [-0.2, 0) is 34.9 Å². The van der Waals surface area contributed by atoms with Gasteiger partial charge in [-0.25, -0.2) is 0 Å². The lowest BCUT2D eigenvalue weighted by molar-refractivity contribution is -0.139. The number of aliphatic carboxylic acids is 1. The maximum absolute atomic E-state index is 13.4. The molecule has 1 aromatic carbocycles. The Balaban J connectivity index is 2.13. The Bertz CT molecular complexity index is 1080. The first-order valence-electron chi connectivity index (χ1n) is 10.6. The lowest BCUT2D eigenvalue weighted by Crippen LogP contribution is -2.38. The Hall–Kier alpha value is -3.11. The first-order valence-corrected chi connectivity index (χ1v) is 10.6. The number of benzene rings is 1. The lowest BCUT2D eigenvalue weighted by atomic mass is 9.84. The monoisotopic (exact) mass is 488 g/mol. The fourth-order valence-corrected chi connectivity index (χ4v) is 3.75. The van der Waals surface area contributed by atoms with Crippen LogP contribution in [0.15, 0.2) is 30.3 Å². The molecule has 0 bridgehead atoms. The van der Waals surface area contributed by atoms with Gasteiger partial charge in [-0.3, -0.25) is 14.6 Å². The summed E-state index contributed by atoms with van der Waals surface area (Å²) in [4.78, 5) is 29.1. The van der Waals surface area contributed by atoms with E-state index in [1.807, 2.05) is 0 Å². The second-order valence-corrected chi connectivity index (χ2v) is 8.15. The molecule has 11 heteroatoms. The van der Waals surface area contributed by atoms with Crippen molar-refractivity contribution in [1.82, 2.24) is 9.88 Å². The largest absolute Gasteiger partial charge is 0.481 e. The molecule has 5 nitrogen and oxygen atoms in total. The van der Waals surface area contributed by atoms with E-state index in [2.05, 4.69) is 4.98 Å². The van der Waals surface area contributed by atoms with Gasteiger partial charge in [0.05, 0.1) is 28.9 Å². The van der Waals surface area contributed by atoms with Crippen LogP contribution < -0.4 is 0 Å². The number of carboxylic acid groups (broad SMARTS) is 1. The topological polar surface area (TPSA) is 70.5 Å². The summed E-state index contributed by atoms with van der Waals surface area (Å²) in [5.41, 5.74) is -2.96. The van der Waals surface area contributed by atoms with Crippen molar-refractivity contribution in [3.05, 3.63) is 52.7 Å². The third-order valence-corrected chi connectivity index (χ3v) is 5.76. The molecule has 0 unspecified atom stereocenters. The summed E-state index contributed by atoms with van der Waals surface area (Å²) in [6.45, 7) is 1.61. The average Bonchev–Trinajstić information content (AvgIpc) is 2.68. The minimum atomic E-state index is -4.83. The van der Waals surface area contributed by atoms with Crippen molar-refractivity contribution in [2.24, 2.45) is 5.92 Å². The number of carbonyl (C=O) groups excluding carboxylic acids is 1. The minimum Gasteiger partial charge on any atom is -0.481 e. The summed E-state index contributed by atoms with van der Waals surface area (Å²) >= 11 is 0. The molecule has 2 aromatic rings. The van der Waals surface area contributed by atoms with Gasteiger partial charge in [-0.15, -0.1) is 0 Å². The predicted octanol–water partition coefficient (Wildman–Crippen LogP) is 5.56. The summed E-state index contributed by atoms with van der Waals surface area (Å²) in [5, 5.41) is 9.00. The van der Waals surface area contributed by atoms with E-state index < -0.39 is 35.9 Å². The molecule has 34 heavy (non-hydrogen) atoms. The van der Waals surface area contributed by atoms with Crippen LogP contribution in [0.3, 0.4) is 0 Å². The van der Waals surface area contributed by atoms with E-state index in [1.54, 1.807) is 6.92 Å². The highest BCUT2D eigenvalue weighted by molar-refractivity contribution is 5.80. The molecule has 1 aliphatic rings. The number of aromatic nitrogens is 1. The highest BCUT2D eigenvalue weighted by atomic mass is 19.4. The van der Waals surface area contributed by atoms with E-state index in [4.69, 9.17) is 5.11 Å². The molecule has 1 aliphatic carbocycles. The first-order chi connectivity index (χ1) is 15.8. The molecular formula is C23H22F6N2O3. The highest BCUT2D eigenvalue weighted by Gasteiger charge is 2.34. The first kappa shape index (κ1) is 25.5. The summed E-state index contributed by atoms with van der Waals surface area (Å²) < 4.78 is 80.5. The zero-order valence-electron chi connectivity index (χ0n) is 18.1. The van der Waals surface area contributed by atoms with Gasteiger partial charge >= 0.3 is 18.3 Å². The van der Waals surface area contributed by atoms with Crippen molar-refractivity contribution in [3.63, 3.8) is 0 Å². The van der Waals surface area contributed by atoms with Gasteiger partial charge in [0.2, 0.25) is 5.91 Å². The molecule has 0 spiro atoms. The van der Waals surface area contributed by atoms with Crippen molar-refractivity contribution in [1.29, 1.82) is 0 Å². The molecule has 0 aliphatic heterocycles. The number of hydrogen-bond acceptors (Lipinski definition) is 3. The van der Waals surface area contributed by atoms with E-state index in [0.717, 1.165) is 24.6 Å². The van der Waals surface area contributed by atoms with E-state index in [0.29, 0.717) is 25.0 Å². The third-order valence-electron chi connectivity index (χ3n) is 5.76. The zero-order valence-corrected chi connectivity index (χ0v) is 18.1. The summed E-state index contributed by atoms with van der Waals surface area (Å²) in [6.07, 6.45) is -8.10. The maximum Gasteiger partial charge on any atom is 0.416 e. The number of nitrogens with zero attached hydrogens (tertiary/aromatic N) is 2. The molecular weight excluding hydrogens is 466 g/mol. The number of carboxylic acids is 1. The van der Waals surface area contributed by atoms with E-state index in [-0.39, 0.29) is 47.4 Å². The Morgan fingerprint density at radius 3 is 2.18 bits per heavy atom. The number of carbonyl (C=O) groups is 2. The fraction of sp³-hybridized carbons (Fsp3) is 0.435. The number of rotatable bonds is 7. The van der Waals surface area contributed by atoms with Crippen molar-refractivity contribution >= 4 is 11.9 Å². The van der Waals surface area contributed by atoms with Crippen molar-refractivity contribution in [2.45, 2.75) is 51.5 Å². The Morgan fingerprint density at radius 2 is 1.68 bits per heavy atom. The van der Waals surface area contributed by atoms with Crippen LogP contribution in [0.2, 0.25) is 0 Å². The number of alkyl halides is 6. The fourth-order valence-electron chi connectivity index (χ4n) is 3.75. The molecule has 1 saturated carbocycles. The number of amides is 1. The summed E-state index contributed by atoms with van der Waals surface area (Å²) in [7, 11) is 0. The van der Waals surface area contributed by atoms with E-state index in [9.17, 15) is 35.9 Å².